The van der Waals surface area contributed by atoms with E-state index in [4.69, 9.17) is 21.3 Å². The van der Waals surface area contributed by atoms with E-state index < -0.39 is 20.0 Å². The molecule has 10 heteroatoms. The van der Waals surface area contributed by atoms with Crippen LogP contribution < -0.4 is 0 Å². The number of aromatic nitrogens is 4. The fourth-order valence-electron chi connectivity index (χ4n) is 4.45. The van der Waals surface area contributed by atoms with Crippen LogP contribution in [0.4, 0.5) is 8.78 Å². The SMILES string of the molecule is C[Si](C)(C)CCOCn1cc(-c2ccccc2F)c2c(Cl)c(-c3cncc(C(O)c4ncccc4F)c3)cnc21. The van der Waals surface area contributed by atoms with Crippen molar-refractivity contribution < 1.29 is 18.6 Å². The average Bonchev–Trinajstić information content (AvgIpc) is 3.30. The van der Waals surface area contributed by atoms with Crippen LogP contribution in [0.25, 0.3) is 33.3 Å². The van der Waals surface area contributed by atoms with Crippen LogP contribution >= 0.6 is 11.6 Å². The number of nitrogens with zero attached hydrogens (tertiary/aromatic N) is 4. The van der Waals surface area contributed by atoms with Crippen molar-refractivity contribution in [3.05, 3.63) is 101 Å². The summed E-state index contributed by atoms with van der Waals surface area (Å²) >= 11 is 7.02. The van der Waals surface area contributed by atoms with Gasteiger partial charge in [-0.3, -0.25) is 9.97 Å². The van der Waals surface area contributed by atoms with E-state index >= 15 is 0 Å². The Kier molecular flexibility index (Phi) is 8.09. The molecule has 0 spiro atoms. The molecule has 1 unspecified atom stereocenters. The Morgan fingerprint density at radius 3 is 2.50 bits per heavy atom. The third-order valence-corrected chi connectivity index (χ3v) is 8.74. The summed E-state index contributed by atoms with van der Waals surface area (Å²) in [5.74, 6) is -1.00. The first-order chi connectivity index (χ1) is 19.1. The number of aliphatic hydroxyl groups is 1. The van der Waals surface area contributed by atoms with Gasteiger partial charge in [-0.2, -0.15) is 0 Å². The highest BCUT2D eigenvalue weighted by molar-refractivity contribution is 6.76. The van der Waals surface area contributed by atoms with Crippen LogP contribution in [-0.2, 0) is 11.5 Å². The minimum atomic E-state index is -1.33. The van der Waals surface area contributed by atoms with Crippen molar-refractivity contribution in [1.29, 1.82) is 0 Å². The van der Waals surface area contributed by atoms with Crippen LogP contribution in [0.2, 0.25) is 30.7 Å². The third kappa shape index (κ3) is 5.83. The molecule has 0 fully saturated rings. The number of aliphatic hydroxyl groups excluding tert-OH is 1. The largest absolute Gasteiger partial charge is 0.382 e. The van der Waals surface area contributed by atoms with Gasteiger partial charge in [-0.15, -0.1) is 0 Å². The molecule has 1 atom stereocenters. The highest BCUT2D eigenvalue weighted by atomic mass is 35.5. The Labute approximate surface area is 237 Å². The summed E-state index contributed by atoms with van der Waals surface area (Å²) in [4.78, 5) is 12.9. The Hall–Kier alpha value is -3.50. The van der Waals surface area contributed by atoms with Gasteiger partial charge in [0.15, 0.2) is 0 Å². The summed E-state index contributed by atoms with van der Waals surface area (Å²) < 4.78 is 37.1. The number of hydrogen-bond acceptors (Lipinski definition) is 5. The van der Waals surface area contributed by atoms with Gasteiger partial charge >= 0.3 is 0 Å². The molecular formula is C30H29ClF2N4O2Si. The molecule has 4 aromatic heterocycles. The summed E-state index contributed by atoms with van der Waals surface area (Å²) in [6.45, 7) is 7.73. The van der Waals surface area contributed by atoms with Gasteiger partial charge in [0.1, 0.15) is 35.8 Å². The fourth-order valence-corrected chi connectivity index (χ4v) is 5.55. The Morgan fingerprint density at radius 2 is 1.75 bits per heavy atom. The summed E-state index contributed by atoms with van der Waals surface area (Å²) in [5, 5.41) is 11.7. The molecule has 5 rings (SSSR count). The summed E-state index contributed by atoms with van der Waals surface area (Å²) in [6, 6.07) is 11.9. The van der Waals surface area contributed by atoms with E-state index in [0.29, 0.717) is 50.5 Å². The highest BCUT2D eigenvalue weighted by Gasteiger charge is 2.22. The maximum absolute atomic E-state index is 15.0. The standard InChI is InChI=1S/C30H29ClF2N4O2Si/c1-40(2,3)12-11-39-18-37-17-23(21-7-4-5-8-24(21)32)26-27(31)22(16-36-30(26)37)19-13-20(15-34-14-19)29(38)28-25(33)9-6-10-35-28/h4-10,13-17,29,38H,11-12,18H2,1-3H3. The van der Waals surface area contributed by atoms with Gasteiger partial charge in [0, 0.05) is 78.9 Å². The number of pyridine rings is 3. The molecule has 0 amide bonds. The molecule has 0 saturated heterocycles. The number of rotatable bonds is 9. The van der Waals surface area contributed by atoms with Crippen molar-refractivity contribution in [2.75, 3.05) is 6.61 Å². The van der Waals surface area contributed by atoms with Crippen LogP contribution in [-0.4, -0.2) is 39.3 Å². The minimum Gasteiger partial charge on any atom is -0.382 e. The molecule has 206 valence electrons. The summed E-state index contributed by atoms with van der Waals surface area (Å²) in [6.07, 6.45) is 6.54. The van der Waals surface area contributed by atoms with Crippen molar-refractivity contribution in [3.63, 3.8) is 0 Å². The van der Waals surface area contributed by atoms with E-state index in [1.807, 2.05) is 10.8 Å². The molecule has 0 aliphatic rings. The third-order valence-electron chi connectivity index (χ3n) is 6.64. The van der Waals surface area contributed by atoms with E-state index in [1.54, 1.807) is 36.7 Å². The fraction of sp³-hybridized carbons (Fsp3) is 0.233. The van der Waals surface area contributed by atoms with Crippen LogP contribution in [0.1, 0.15) is 17.4 Å². The normalized spacial score (nSPS) is 12.7. The smallest absolute Gasteiger partial charge is 0.147 e. The Bertz CT molecular complexity index is 1670. The van der Waals surface area contributed by atoms with Gasteiger partial charge in [-0.25, -0.2) is 13.8 Å². The zero-order valence-electron chi connectivity index (χ0n) is 22.4. The van der Waals surface area contributed by atoms with Crippen LogP contribution in [0.5, 0.6) is 0 Å². The van der Waals surface area contributed by atoms with Crippen molar-refractivity contribution >= 4 is 30.7 Å². The van der Waals surface area contributed by atoms with E-state index in [-0.39, 0.29) is 18.2 Å². The molecule has 4 heterocycles. The minimum absolute atomic E-state index is 0.103. The lowest BCUT2D eigenvalue weighted by Gasteiger charge is -2.15. The topological polar surface area (TPSA) is 73.1 Å². The second-order valence-electron chi connectivity index (χ2n) is 10.8. The van der Waals surface area contributed by atoms with Crippen LogP contribution in [0.15, 0.2) is 73.4 Å². The predicted molar refractivity (Wildman–Crippen MR) is 156 cm³/mol. The van der Waals surface area contributed by atoms with Crippen LogP contribution in [0.3, 0.4) is 0 Å². The maximum atomic E-state index is 15.0. The maximum Gasteiger partial charge on any atom is 0.147 e. The van der Waals surface area contributed by atoms with Crippen molar-refractivity contribution in [2.24, 2.45) is 0 Å². The summed E-state index contributed by atoms with van der Waals surface area (Å²) in [7, 11) is -1.26. The molecule has 6 nitrogen and oxygen atoms in total. The molecule has 0 saturated carbocycles. The second kappa shape index (κ2) is 11.5. The van der Waals surface area contributed by atoms with Gasteiger partial charge < -0.3 is 14.4 Å². The van der Waals surface area contributed by atoms with Gasteiger partial charge in [0.05, 0.1) is 5.02 Å². The molecule has 0 aliphatic carbocycles. The first-order valence-corrected chi connectivity index (χ1v) is 17.0. The Balaban J connectivity index is 1.58. The van der Waals surface area contributed by atoms with E-state index in [0.717, 1.165) is 6.04 Å². The van der Waals surface area contributed by atoms with Crippen molar-refractivity contribution in [1.82, 2.24) is 19.5 Å². The monoisotopic (exact) mass is 578 g/mol. The first kappa shape index (κ1) is 28.0. The van der Waals surface area contributed by atoms with E-state index in [1.165, 1.54) is 30.6 Å². The van der Waals surface area contributed by atoms with Gasteiger partial charge in [0.2, 0.25) is 0 Å². The molecule has 0 radical (unpaired) electrons. The zero-order chi connectivity index (χ0) is 28.4. The van der Waals surface area contributed by atoms with Gasteiger partial charge in [0.25, 0.3) is 0 Å². The number of benzene rings is 1. The Morgan fingerprint density at radius 1 is 0.975 bits per heavy atom. The number of halogens is 3. The molecule has 40 heavy (non-hydrogen) atoms. The molecule has 0 aliphatic heterocycles. The van der Waals surface area contributed by atoms with Crippen molar-refractivity contribution in [2.45, 2.75) is 38.5 Å². The number of ether oxygens (including phenoxy) is 1. The lowest BCUT2D eigenvalue weighted by atomic mass is 10.00. The molecular weight excluding hydrogens is 550 g/mol. The lowest BCUT2D eigenvalue weighted by molar-refractivity contribution is 0.0899. The zero-order valence-corrected chi connectivity index (χ0v) is 24.2. The highest BCUT2D eigenvalue weighted by Crippen LogP contribution is 2.41. The number of fused-ring (bicyclic) bond motifs is 1. The summed E-state index contributed by atoms with van der Waals surface area (Å²) in [5.41, 5.74) is 2.86. The molecule has 1 aromatic carbocycles. The van der Waals surface area contributed by atoms with Gasteiger partial charge in [-0.05, 0) is 30.3 Å². The van der Waals surface area contributed by atoms with Crippen LogP contribution in [0, 0.1) is 11.6 Å². The molecule has 1 N–H and O–H groups in total. The lowest BCUT2D eigenvalue weighted by Crippen LogP contribution is -2.22. The van der Waals surface area contributed by atoms with Gasteiger partial charge in [-0.1, -0.05) is 49.4 Å². The van der Waals surface area contributed by atoms with Crippen molar-refractivity contribution in [3.8, 4) is 22.3 Å². The van der Waals surface area contributed by atoms with E-state index in [2.05, 4.69) is 29.6 Å². The second-order valence-corrected chi connectivity index (χ2v) is 16.8. The first-order valence-electron chi connectivity index (χ1n) is 12.9. The molecule has 0 bridgehead atoms. The number of hydrogen-bond donors (Lipinski definition) is 1. The quantitative estimate of drug-likeness (QED) is 0.145. The van der Waals surface area contributed by atoms with E-state index in [9.17, 15) is 13.9 Å². The average molecular weight is 579 g/mol. The molecule has 5 aromatic rings. The predicted octanol–water partition coefficient (Wildman–Crippen LogP) is 7.49.